The Balaban J connectivity index is 1.43. The van der Waals surface area contributed by atoms with E-state index in [1.54, 1.807) is 30.3 Å². The number of imidazole rings is 1. The summed E-state index contributed by atoms with van der Waals surface area (Å²) >= 11 is 6.17. The van der Waals surface area contributed by atoms with Gasteiger partial charge in [-0.25, -0.2) is 9.78 Å². The van der Waals surface area contributed by atoms with Crippen molar-refractivity contribution < 1.29 is 14.7 Å². The fourth-order valence-electron chi connectivity index (χ4n) is 3.91. The number of aromatic carboxylic acids is 1. The molecule has 184 valence electrons. The molecule has 0 spiro atoms. The lowest BCUT2D eigenvalue weighted by atomic mass is 10.1. The number of benzene rings is 3. The first kappa shape index (κ1) is 23.9. The number of carboxylic acid groups (broad SMARTS) is 1. The van der Waals surface area contributed by atoms with Gasteiger partial charge in [-0.05, 0) is 64.9 Å². The molecule has 37 heavy (non-hydrogen) atoms. The molecule has 0 radical (unpaired) electrons. The zero-order valence-corrected chi connectivity index (χ0v) is 20.0. The maximum absolute atomic E-state index is 13.0. The molecule has 0 saturated carbocycles. The molecule has 0 bridgehead atoms. The van der Waals surface area contributed by atoms with Gasteiger partial charge in [0.25, 0.3) is 0 Å². The van der Waals surface area contributed by atoms with Crippen LogP contribution >= 0.6 is 11.6 Å². The summed E-state index contributed by atoms with van der Waals surface area (Å²) in [6.07, 6.45) is 4.96. The minimum absolute atomic E-state index is 0.136. The molecule has 10 nitrogen and oxygen atoms in total. The highest BCUT2D eigenvalue weighted by Crippen LogP contribution is 2.22. The van der Waals surface area contributed by atoms with Crippen LogP contribution < -0.4 is 5.32 Å². The number of carbonyl (C=O) groups excluding carboxylic acids is 1. The molecule has 11 heteroatoms. The van der Waals surface area contributed by atoms with Gasteiger partial charge in [-0.1, -0.05) is 41.9 Å². The number of tetrazole rings is 1. The lowest BCUT2D eigenvalue weighted by Crippen LogP contribution is -2.29. The molecular weight excluding hydrogens is 494 g/mol. The largest absolute Gasteiger partial charge is 0.478 e. The SMILES string of the molecule is O=C(/C=C/c1cc(Cl)ccc1-n1cnnn1)NC(Cc1ccccc1)c1nc2cc(C(=O)O)ccc2[nH]1. The van der Waals surface area contributed by atoms with Crippen molar-refractivity contribution in [3.63, 3.8) is 0 Å². The molecule has 5 aromatic rings. The van der Waals surface area contributed by atoms with E-state index < -0.39 is 12.0 Å². The highest BCUT2D eigenvalue weighted by Gasteiger charge is 2.19. The predicted molar refractivity (Wildman–Crippen MR) is 137 cm³/mol. The molecule has 5 rings (SSSR count). The molecular formula is C26H20ClN7O3. The fraction of sp³-hybridized carbons (Fsp3) is 0.0769. The maximum Gasteiger partial charge on any atom is 0.335 e. The Morgan fingerprint density at radius 1 is 1.11 bits per heavy atom. The first-order valence-corrected chi connectivity index (χ1v) is 11.6. The predicted octanol–water partition coefficient (Wildman–Crippen LogP) is 4.00. The first-order chi connectivity index (χ1) is 18.0. The van der Waals surface area contributed by atoms with Crippen LogP contribution in [0.5, 0.6) is 0 Å². The van der Waals surface area contributed by atoms with Crippen molar-refractivity contribution in [2.24, 2.45) is 0 Å². The van der Waals surface area contributed by atoms with Crippen LogP contribution in [0.2, 0.25) is 5.02 Å². The highest BCUT2D eigenvalue weighted by atomic mass is 35.5. The molecule has 0 fully saturated rings. The van der Waals surface area contributed by atoms with E-state index in [0.717, 1.165) is 5.56 Å². The summed E-state index contributed by atoms with van der Waals surface area (Å²) in [5, 5.41) is 24.0. The molecule has 1 unspecified atom stereocenters. The van der Waals surface area contributed by atoms with Crippen LogP contribution in [-0.4, -0.2) is 47.2 Å². The number of amides is 1. The van der Waals surface area contributed by atoms with Crippen molar-refractivity contribution in [3.05, 3.63) is 107 Å². The Morgan fingerprint density at radius 3 is 2.70 bits per heavy atom. The summed E-state index contributed by atoms with van der Waals surface area (Å²) in [7, 11) is 0. The van der Waals surface area contributed by atoms with Gasteiger partial charge in [-0.15, -0.1) is 5.10 Å². The highest BCUT2D eigenvalue weighted by molar-refractivity contribution is 6.30. The average molecular weight is 514 g/mol. The second-order valence-electron chi connectivity index (χ2n) is 8.20. The molecule has 0 aliphatic carbocycles. The third-order valence-corrected chi connectivity index (χ3v) is 5.91. The normalized spacial score (nSPS) is 12.1. The van der Waals surface area contributed by atoms with Crippen LogP contribution in [0.1, 0.15) is 33.4 Å². The van der Waals surface area contributed by atoms with Gasteiger partial charge in [0.2, 0.25) is 5.91 Å². The van der Waals surface area contributed by atoms with Gasteiger partial charge in [-0.3, -0.25) is 4.79 Å². The molecule has 0 saturated heterocycles. The summed E-state index contributed by atoms with van der Waals surface area (Å²) < 4.78 is 1.48. The molecule has 2 heterocycles. The van der Waals surface area contributed by atoms with Gasteiger partial charge in [-0.2, -0.15) is 4.68 Å². The van der Waals surface area contributed by atoms with Crippen LogP contribution in [0.4, 0.5) is 0 Å². The summed E-state index contributed by atoms with van der Waals surface area (Å²) in [5.74, 6) is -0.872. The Morgan fingerprint density at radius 2 is 1.95 bits per heavy atom. The van der Waals surface area contributed by atoms with Gasteiger partial charge in [0.05, 0.1) is 28.3 Å². The minimum Gasteiger partial charge on any atom is -0.478 e. The number of carbonyl (C=O) groups is 2. The van der Waals surface area contributed by atoms with Gasteiger partial charge in [0.1, 0.15) is 12.2 Å². The Bertz CT molecular complexity index is 1600. The zero-order chi connectivity index (χ0) is 25.8. The molecule has 0 aliphatic heterocycles. The van der Waals surface area contributed by atoms with Crippen molar-refractivity contribution in [1.29, 1.82) is 0 Å². The fourth-order valence-corrected chi connectivity index (χ4v) is 4.09. The lowest BCUT2D eigenvalue weighted by Gasteiger charge is -2.16. The van der Waals surface area contributed by atoms with Crippen LogP contribution in [0.25, 0.3) is 22.8 Å². The first-order valence-electron chi connectivity index (χ1n) is 11.2. The monoisotopic (exact) mass is 513 g/mol. The van der Waals surface area contributed by atoms with Gasteiger partial charge in [0.15, 0.2) is 0 Å². The second-order valence-corrected chi connectivity index (χ2v) is 8.64. The topological polar surface area (TPSA) is 139 Å². The number of hydrogen-bond donors (Lipinski definition) is 3. The molecule has 1 amide bonds. The van der Waals surface area contributed by atoms with Gasteiger partial charge in [0, 0.05) is 16.7 Å². The molecule has 3 aromatic carbocycles. The number of H-pyrrole nitrogens is 1. The van der Waals surface area contributed by atoms with Crippen LogP contribution in [-0.2, 0) is 11.2 Å². The number of carboxylic acids is 1. The van der Waals surface area contributed by atoms with E-state index in [2.05, 4.69) is 30.8 Å². The number of aromatic amines is 1. The molecule has 2 aromatic heterocycles. The van der Waals surface area contributed by atoms with E-state index in [4.69, 9.17) is 11.6 Å². The quantitative estimate of drug-likeness (QED) is 0.266. The van der Waals surface area contributed by atoms with E-state index in [1.807, 2.05) is 30.3 Å². The zero-order valence-electron chi connectivity index (χ0n) is 19.2. The van der Waals surface area contributed by atoms with E-state index in [0.29, 0.717) is 39.6 Å². The van der Waals surface area contributed by atoms with Crippen LogP contribution in [0, 0.1) is 0 Å². The van der Waals surface area contributed by atoms with Crippen molar-refractivity contribution in [1.82, 2.24) is 35.5 Å². The maximum atomic E-state index is 13.0. The minimum atomic E-state index is -1.03. The second kappa shape index (κ2) is 10.4. The summed E-state index contributed by atoms with van der Waals surface area (Å²) in [6, 6.07) is 19.0. The van der Waals surface area contributed by atoms with E-state index in [-0.39, 0.29) is 11.5 Å². The van der Waals surface area contributed by atoms with Crippen molar-refractivity contribution in [2.75, 3.05) is 0 Å². The van der Waals surface area contributed by atoms with E-state index in [1.165, 1.54) is 29.2 Å². The lowest BCUT2D eigenvalue weighted by molar-refractivity contribution is -0.117. The molecule has 0 aliphatic rings. The third kappa shape index (κ3) is 5.54. The number of aromatic nitrogens is 6. The average Bonchev–Trinajstić information content (AvgIpc) is 3.57. The van der Waals surface area contributed by atoms with Crippen LogP contribution in [0.15, 0.2) is 79.1 Å². The van der Waals surface area contributed by atoms with Gasteiger partial charge >= 0.3 is 5.97 Å². The number of rotatable bonds is 8. The third-order valence-electron chi connectivity index (χ3n) is 5.68. The Hall–Kier alpha value is -4.83. The molecule has 3 N–H and O–H groups in total. The number of nitrogens with zero attached hydrogens (tertiary/aromatic N) is 5. The van der Waals surface area contributed by atoms with Gasteiger partial charge < -0.3 is 15.4 Å². The number of fused-ring (bicyclic) bond motifs is 1. The number of nitrogens with one attached hydrogen (secondary N) is 2. The summed E-state index contributed by atoms with van der Waals surface area (Å²) in [4.78, 5) is 32.2. The Labute approximate surface area is 215 Å². The summed E-state index contributed by atoms with van der Waals surface area (Å²) in [5.41, 5.74) is 3.62. The van der Waals surface area contributed by atoms with E-state index in [9.17, 15) is 14.7 Å². The van der Waals surface area contributed by atoms with Crippen molar-refractivity contribution in [2.45, 2.75) is 12.5 Å². The van der Waals surface area contributed by atoms with E-state index >= 15 is 0 Å². The standard InChI is InChI=1S/C26H20ClN7O3/c27-19-8-10-23(34-15-28-32-33-34)17(13-19)7-11-24(35)29-22(12-16-4-2-1-3-5-16)25-30-20-9-6-18(26(36)37)14-21(20)31-25/h1-11,13-15,22H,12H2,(H,29,35)(H,30,31)(H,36,37)/b11-7+. The van der Waals surface area contributed by atoms with Crippen molar-refractivity contribution >= 4 is 40.6 Å². The number of halogens is 1. The van der Waals surface area contributed by atoms with Crippen molar-refractivity contribution in [3.8, 4) is 5.69 Å². The summed E-state index contributed by atoms with van der Waals surface area (Å²) in [6.45, 7) is 0. The Kier molecular flexibility index (Phi) is 6.73. The smallest absolute Gasteiger partial charge is 0.335 e. The van der Waals surface area contributed by atoms with Crippen LogP contribution in [0.3, 0.4) is 0 Å². The number of hydrogen-bond acceptors (Lipinski definition) is 6. The molecule has 1 atom stereocenters.